The van der Waals surface area contributed by atoms with Gasteiger partial charge in [0.25, 0.3) is 0 Å². The van der Waals surface area contributed by atoms with Crippen LogP contribution < -0.4 is 10.6 Å². The third-order valence-electron chi connectivity index (χ3n) is 3.15. The summed E-state index contributed by atoms with van der Waals surface area (Å²) < 4.78 is 32.9. The molecule has 0 amide bonds. The lowest BCUT2D eigenvalue weighted by Gasteiger charge is -2.20. The summed E-state index contributed by atoms with van der Waals surface area (Å²) in [6, 6.07) is 2.92. The first-order chi connectivity index (χ1) is 8.54. The highest BCUT2D eigenvalue weighted by Gasteiger charge is 2.26. The minimum absolute atomic E-state index is 0.0581. The molecule has 2 N–H and O–H groups in total. The number of halogens is 2. The van der Waals surface area contributed by atoms with Crippen LogP contribution in [-0.2, 0) is 4.74 Å². The first-order valence-corrected chi connectivity index (χ1v) is 6.01. The molecular weight excluding hydrogens is 258 g/mol. The molecule has 3 nitrogen and oxygen atoms in total. The van der Waals surface area contributed by atoms with Gasteiger partial charge >= 0.3 is 0 Å². The Morgan fingerprint density at radius 2 is 2.17 bits per heavy atom. The number of hydrogen-bond donors (Lipinski definition) is 1. The van der Waals surface area contributed by atoms with Crippen molar-refractivity contribution in [1.29, 1.82) is 0 Å². The molecule has 1 aliphatic rings. The highest BCUT2D eigenvalue weighted by atomic mass is 32.1. The lowest BCUT2D eigenvalue weighted by atomic mass is 10.1. The van der Waals surface area contributed by atoms with E-state index in [2.05, 4.69) is 12.2 Å². The van der Waals surface area contributed by atoms with Crippen LogP contribution >= 0.6 is 12.2 Å². The molecule has 1 unspecified atom stereocenters. The van der Waals surface area contributed by atoms with E-state index in [0.717, 1.165) is 6.42 Å². The Morgan fingerprint density at radius 1 is 1.44 bits per heavy atom. The van der Waals surface area contributed by atoms with Crippen LogP contribution in [0.1, 0.15) is 12.0 Å². The molecule has 0 aliphatic carbocycles. The molecule has 1 aliphatic heterocycles. The molecule has 1 saturated heterocycles. The van der Waals surface area contributed by atoms with Crippen LogP contribution in [0, 0.1) is 11.6 Å². The van der Waals surface area contributed by atoms with Gasteiger partial charge in [0, 0.05) is 25.8 Å². The molecule has 0 bridgehead atoms. The van der Waals surface area contributed by atoms with Crippen LogP contribution in [-0.4, -0.2) is 31.3 Å². The van der Waals surface area contributed by atoms with Crippen molar-refractivity contribution in [3.63, 3.8) is 0 Å². The Hall–Kier alpha value is -1.27. The molecular formula is C12H14F2N2OS. The van der Waals surface area contributed by atoms with Crippen LogP contribution in [0.5, 0.6) is 0 Å². The Morgan fingerprint density at radius 3 is 2.72 bits per heavy atom. The molecule has 1 aromatic carbocycles. The molecule has 2 rings (SSSR count). The first-order valence-electron chi connectivity index (χ1n) is 5.60. The van der Waals surface area contributed by atoms with E-state index in [1.165, 1.54) is 12.1 Å². The van der Waals surface area contributed by atoms with Gasteiger partial charge in [-0.15, -0.1) is 0 Å². The molecule has 0 radical (unpaired) electrons. The summed E-state index contributed by atoms with van der Waals surface area (Å²) in [5, 5.41) is 0. The van der Waals surface area contributed by atoms with Crippen LogP contribution in [0.2, 0.25) is 0 Å². The van der Waals surface area contributed by atoms with Crippen molar-refractivity contribution in [2.24, 2.45) is 5.73 Å². The van der Waals surface area contributed by atoms with Gasteiger partial charge in [-0.1, -0.05) is 12.2 Å². The van der Waals surface area contributed by atoms with Crippen LogP contribution in [0.15, 0.2) is 12.1 Å². The number of thiocarbonyl (C=S) groups is 1. The average Bonchev–Trinajstić information content (AvgIpc) is 2.80. The summed E-state index contributed by atoms with van der Waals surface area (Å²) >= 11 is 4.66. The van der Waals surface area contributed by atoms with E-state index >= 15 is 0 Å². The number of rotatable bonds is 3. The van der Waals surface area contributed by atoms with E-state index in [1.54, 1.807) is 12.0 Å². The maximum atomic E-state index is 13.9. The number of anilines is 1. The molecule has 1 atom stereocenters. The molecule has 1 aromatic rings. The quantitative estimate of drug-likeness (QED) is 0.852. The van der Waals surface area contributed by atoms with Crippen molar-refractivity contribution in [2.75, 3.05) is 25.1 Å². The predicted molar refractivity (Wildman–Crippen MR) is 69.9 cm³/mol. The Kier molecular flexibility index (Phi) is 3.77. The Bertz CT molecular complexity index is 481. The van der Waals surface area contributed by atoms with Crippen LogP contribution in [0.4, 0.5) is 14.5 Å². The second kappa shape index (κ2) is 5.16. The van der Waals surface area contributed by atoms with E-state index in [-0.39, 0.29) is 22.3 Å². The smallest absolute Gasteiger partial charge is 0.182 e. The highest BCUT2D eigenvalue weighted by Crippen LogP contribution is 2.27. The van der Waals surface area contributed by atoms with Gasteiger partial charge in [-0.3, -0.25) is 0 Å². The van der Waals surface area contributed by atoms with Crippen LogP contribution in [0.25, 0.3) is 0 Å². The topological polar surface area (TPSA) is 38.5 Å². The van der Waals surface area contributed by atoms with Gasteiger partial charge < -0.3 is 15.4 Å². The number of ether oxygens (including phenoxy) is 1. The van der Waals surface area contributed by atoms with Crippen molar-refractivity contribution < 1.29 is 13.5 Å². The third kappa shape index (κ3) is 2.30. The second-order valence-corrected chi connectivity index (χ2v) is 4.66. The summed E-state index contributed by atoms with van der Waals surface area (Å²) in [6.45, 7) is 1.20. The molecule has 6 heteroatoms. The molecule has 1 fully saturated rings. The van der Waals surface area contributed by atoms with E-state index in [9.17, 15) is 8.78 Å². The van der Waals surface area contributed by atoms with E-state index in [4.69, 9.17) is 10.5 Å². The fourth-order valence-corrected chi connectivity index (χ4v) is 2.27. The number of hydrogen-bond acceptors (Lipinski definition) is 3. The summed E-state index contributed by atoms with van der Waals surface area (Å²) in [5.74, 6) is -1.89. The van der Waals surface area contributed by atoms with Crippen molar-refractivity contribution in [2.45, 2.75) is 12.5 Å². The maximum Gasteiger partial charge on any atom is 0.182 e. The third-order valence-corrected chi connectivity index (χ3v) is 3.37. The summed E-state index contributed by atoms with van der Waals surface area (Å²) in [7, 11) is 1.61. The van der Waals surface area contributed by atoms with Gasteiger partial charge in [0.1, 0.15) is 4.99 Å². The Balaban J connectivity index is 2.30. The lowest BCUT2D eigenvalue weighted by molar-refractivity contribution is 0.121. The first kappa shape index (κ1) is 13.2. The highest BCUT2D eigenvalue weighted by molar-refractivity contribution is 7.80. The van der Waals surface area contributed by atoms with Gasteiger partial charge in [-0.05, 0) is 18.6 Å². The number of nitrogens with zero attached hydrogens (tertiary/aromatic N) is 1. The number of nitrogens with two attached hydrogens (primary N) is 1. The zero-order chi connectivity index (χ0) is 13.3. The summed E-state index contributed by atoms with van der Waals surface area (Å²) in [4.78, 5) is 1.62. The van der Waals surface area contributed by atoms with Gasteiger partial charge in [-0.2, -0.15) is 0 Å². The van der Waals surface area contributed by atoms with Crippen molar-refractivity contribution >= 4 is 22.9 Å². The predicted octanol–water partition coefficient (Wildman–Crippen LogP) is 1.82. The summed E-state index contributed by atoms with van der Waals surface area (Å²) in [6.07, 6.45) is 0.858. The van der Waals surface area contributed by atoms with Gasteiger partial charge in [0.15, 0.2) is 11.6 Å². The van der Waals surface area contributed by atoms with Gasteiger partial charge in [0.2, 0.25) is 0 Å². The summed E-state index contributed by atoms with van der Waals surface area (Å²) in [5.41, 5.74) is 5.49. The SMILES string of the molecule is COC1CCN(c2ccc(C(N)=S)c(F)c2F)C1. The van der Waals surface area contributed by atoms with Crippen LogP contribution in [0.3, 0.4) is 0 Å². The van der Waals surface area contributed by atoms with E-state index in [0.29, 0.717) is 13.1 Å². The minimum atomic E-state index is -0.985. The standard InChI is InChI=1S/C12H14F2N2OS/c1-17-7-4-5-16(6-7)9-3-2-8(12(15)18)10(13)11(9)14/h2-3,7H,4-6H2,1H3,(H2,15,18). The molecule has 18 heavy (non-hydrogen) atoms. The number of benzene rings is 1. The lowest BCUT2D eigenvalue weighted by Crippen LogP contribution is -2.24. The molecule has 0 spiro atoms. The monoisotopic (exact) mass is 272 g/mol. The molecule has 1 heterocycles. The molecule has 0 aromatic heterocycles. The minimum Gasteiger partial charge on any atom is -0.389 e. The van der Waals surface area contributed by atoms with E-state index in [1.807, 2.05) is 0 Å². The van der Waals surface area contributed by atoms with E-state index < -0.39 is 11.6 Å². The largest absolute Gasteiger partial charge is 0.389 e. The van der Waals surface area contributed by atoms with Gasteiger partial charge in [-0.25, -0.2) is 8.78 Å². The second-order valence-electron chi connectivity index (χ2n) is 4.22. The zero-order valence-corrected chi connectivity index (χ0v) is 10.8. The fourth-order valence-electron chi connectivity index (χ4n) is 2.11. The normalized spacial score (nSPS) is 19.3. The zero-order valence-electron chi connectivity index (χ0n) is 9.95. The average molecular weight is 272 g/mol. The van der Waals surface area contributed by atoms with Crippen molar-refractivity contribution in [1.82, 2.24) is 0 Å². The van der Waals surface area contributed by atoms with Gasteiger partial charge in [0.05, 0.1) is 11.8 Å². The van der Waals surface area contributed by atoms with Crippen molar-refractivity contribution in [3.05, 3.63) is 29.3 Å². The molecule has 98 valence electrons. The fraction of sp³-hybridized carbons (Fsp3) is 0.417. The Labute approximate surface area is 110 Å². The van der Waals surface area contributed by atoms with Crippen molar-refractivity contribution in [3.8, 4) is 0 Å². The number of methoxy groups -OCH3 is 1. The maximum absolute atomic E-state index is 13.9. The molecule has 0 saturated carbocycles.